The van der Waals surface area contributed by atoms with Gasteiger partial charge in [0.2, 0.25) is 0 Å². The van der Waals surface area contributed by atoms with Crippen molar-refractivity contribution >= 4 is 40.7 Å². The molecule has 4 rings (SSSR count). The number of aliphatic hydroxyl groups excluding tert-OH is 1. The minimum atomic E-state index is -0.125. The van der Waals surface area contributed by atoms with Crippen LogP contribution >= 0.6 is 11.8 Å². The van der Waals surface area contributed by atoms with Gasteiger partial charge in [0.15, 0.2) is 0 Å². The lowest BCUT2D eigenvalue weighted by molar-refractivity contribution is -0.0152. The number of carbonyl (C=O) groups is 1. The van der Waals surface area contributed by atoms with Gasteiger partial charge >= 0.3 is 0 Å². The van der Waals surface area contributed by atoms with Gasteiger partial charge in [0.05, 0.1) is 75.3 Å². The third-order valence-corrected chi connectivity index (χ3v) is 7.07. The first-order valence-corrected chi connectivity index (χ1v) is 14.5. The maximum absolute atomic E-state index is 12.4. The standard InChI is InChI=1S/C31H36N4O6S/c1-32-31(37)27-7-2-3-8-30(27)42-25-10-11-26-28(12-9-24-6-4-5-13-33-24)34-35(29(26)22-25)23-41-21-20-40-19-18-39-17-16-38-15-14-36/h2-13,22,36H,14-21,23H2,1H3,(H,32,37)/b12-9+. The Hall–Kier alpha value is -3.58. The molecule has 222 valence electrons. The van der Waals surface area contributed by atoms with Gasteiger partial charge in [-0.2, -0.15) is 5.10 Å². The maximum Gasteiger partial charge on any atom is 0.252 e. The van der Waals surface area contributed by atoms with Crippen molar-refractivity contribution in [2.75, 3.05) is 59.9 Å². The molecule has 10 nitrogen and oxygen atoms in total. The molecule has 0 spiro atoms. The number of amides is 1. The summed E-state index contributed by atoms with van der Waals surface area (Å²) in [4.78, 5) is 18.6. The van der Waals surface area contributed by atoms with E-state index in [1.54, 1.807) is 13.2 Å². The molecule has 2 N–H and O–H groups in total. The average Bonchev–Trinajstić information content (AvgIpc) is 3.37. The van der Waals surface area contributed by atoms with Crippen LogP contribution in [0, 0.1) is 0 Å². The predicted molar refractivity (Wildman–Crippen MR) is 162 cm³/mol. The van der Waals surface area contributed by atoms with Crippen LogP contribution in [0.1, 0.15) is 21.7 Å². The van der Waals surface area contributed by atoms with Crippen molar-refractivity contribution in [2.24, 2.45) is 0 Å². The Kier molecular flexibility index (Phi) is 13.0. The molecular weight excluding hydrogens is 556 g/mol. The molecule has 0 fully saturated rings. The van der Waals surface area contributed by atoms with Gasteiger partial charge in [0.1, 0.15) is 6.73 Å². The first-order chi connectivity index (χ1) is 20.7. The second-order valence-corrected chi connectivity index (χ2v) is 10.0. The predicted octanol–water partition coefficient (Wildman–Crippen LogP) is 4.13. The molecule has 0 bridgehead atoms. The first kappa shape index (κ1) is 31.4. The third kappa shape index (κ3) is 9.48. The number of ether oxygens (including phenoxy) is 4. The quantitative estimate of drug-likeness (QED) is 0.165. The highest BCUT2D eigenvalue weighted by molar-refractivity contribution is 7.99. The number of nitrogens with zero attached hydrogens (tertiary/aromatic N) is 3. The maximum atomic E-state index is 12.4. The summed E-state index contributed by atoms with van der Waals surface area (Å²) in [5, 5.41) is 17.2. The number of fused-ring (bicyclic) bond motifs is 1. The van der Waals surface area contributed by atoms with Crippen molar-refractivity contribution in [3.8, 4) is 0 Å². The number of aromatic nitrogens is 3. The van der Waals surface area contributed by atoms with Crippen LogP contribution in [0.4, 0.5) is 0 Å². The fourth-order valence-corrected chi connectivity index (χ4v) is 4.96. The van der Waals surface area contributed by atoms with E-state index in [9.17, 15) is 4.79 Å². The van der Waals surface area contributed by atoms with Crippen molar-refractivity contribution < 1.29 is 28.8 Å². The van der Waals surface area contributed by atoms with E-state index in [2.05, 4.69) is 16.4 Å². The molecular formula is C31H36N4O6S. The number of rotatable bonds is 18. The van der Waals surface area contributed by atoms with Crippen LogP contribution in [0.25, 0.3) is 23.1 Å². The largest absolute Gasteiger partial charge is 0.394 e. The topological polar surface area (TPSA) is 117 Å². The molecule has 42 heavy (non-hydrogen) atoms. The van der Waals surface area contributed by atoms with E-state index < -0.39 is 0 Å². The lowest BCUT2D eigenvalue weighted by atomic mass is 10.2. The molecule has 0 unspecified atom stereocenters. The van der Waals surface area contributed by atoms with E-state index in [0.717, 1.165) is 32.1 Å². The zero-order valence-electron chi connectivity index (χ0n) is 23.6. The molecule has 0 aliphatic carbocycles. The lowest BCUT2D eigenvalue weighted by Crippen LogP contribution is -2.18. The molecule has 4 aromatic rings. The van der Waals surface area contributed by atoms with Crippen LogP contribution in [0.3, 0.4) is 0 Å². The summed E-state index contributed by atoms with van der Waals surface area (Å²) in [5.74, 6) is -0.125. The Labute approximate surface area is 249 Å². The zero-order valence-corrected chi connectivity index (χ0v) is 24.4. The van der Waals surface area contributed by atoms with Crippen molar-refractivity contribution in [2.45, 2.75) is 16.5 Å². The van der Waals surface area contributed by atoms with Crippen molar-refractivity contribution in [1.29, 1.82) is 0 Å². The van der Waals surface area contributed by atoms with Crippen LogP contribution in [0.15, 0.2) is 76.7 Å². The van der Waals surface area contributed by atoms with E-state index in [4.69, 9.17) is 29.2 Å². The van der Waals surface area contributed by atoms with Crippen LogP contribution in [-0.2, 0) is 25.7 Å². The molecule has 1 amide bonds. The molecule has 2 aromatic carbocycles. The fraction of sp³-hybridized carbons (Fsp3) is 0.323. The highest BCUT2D eigenvalue weighted by Gasteiger charge is 2.14. The second kappa shape index (κ2) is 17.4. The highest BCUT2D eigenvalue weighted by atomic mass is 32.2. The van der Waals surface area contributed by atoms with Gasteiger partial charge in [-0.1, -0.05) is 30.0 Å². The minimum Gasteiger partial charge on any atom is -0.394 e. The number of pyridine rings is 1. The molecule has 0 saturated carbocycles. The van der Waals surface area contributed by atoms with E-state index in [0.29, 0.717) is 51.8 Å². The van der Waals surface area contributed by atoms with Crippen molar-refractivity contribution in [1.82, 2.24) is 20.1 Å². The number of hydrogen-bond donors (Lipinski definition) is 2. The Morgan fingerprint density at radius 3 is 2.33 bits per heavy atom. The lowest BCUT2D eigenvalue weighted by Gasteiger charge is -2.09. The summed E-state index contributed by atoms with van der Waals surface area (Å²) in [5.41, 5.74) is 3.18. The normalized spacial score (nSPS) is 11.5. The summed E-state index contributed by atoms with van der Waals surface area (Å²) in [7, 11) is 1.63. The summed E-state index contributed by atoms with van der Waals surface area (Å²) in [6.45, 7) is 3.21. The van der Waals surface area contributed by atoms with Gasteiger partial charge in [0.25, 0.3) is 5.91 Å². The van der Waals surface area contributed by atoms with E-state index >= 15 is 0 Å². The van der Waals surface area contributed by atoms with Crippen LogP contribution in [-0.4, -0.2) is 85.7 Å². The van der Waals surface area contributed by atoms with Crippen molar-refractivity contribution in [3.05, 3.63) is 83.8 Å². The smallest absolute Gasteiger partial charge is 0.252 e. The fourth-order valence-electron chi connectivity index (χ4n) is 3.98. The molecule has 2 heterocycles. The molecule has 0 aliphatic rings. The van der Waals surface area contributed by atoms with E-state index in [1.165, 1.54) is 11.8 Å². The second-order valence-electron chi connectivity index (χ2n) is 8.93. The number of carbonyl (C=O) groups excluding carboxylic acids is 1. The van der Waals surface area contributed by atoms with E-state index in [-0.39, 0.29) is 19.2 Å². The monoisotopic (exact) mass is 592 g/mol. The van der Waals surface area contributed by atoms with Gasteiger partial charge < -0.3 is 29.4 Å². The summed E-state index contributed by atoms with van der Waals surface area (Å²) >= 11 is 1.53. The molecule has 2 aromatic heterocycles. The molecule has 0 radical (unpaired) electrons. The third-order valence-electron chi connectivity index (χ3n) is 6.00. The van der Waals surface area contributed by atoms with Gasteiger partial charge in [0, 0.05) is 28.4 Å². The summed E-state index contributed by atoms with van der Waals surface area (Å²) in [6.07, 6.45) is 5.64. The molecule has 0 saturated heterocycles. The summed E-state index contributed by atoms with van der Waals surface area (Å²) < 4.78 is 23.9. The Morgan fingerprint density at radius 1 is 0.905 bits per heavy atom. The molecule has 0 atom stereocenters. The van der Waals surface area contributed by atoms with Gasteiger partial charge in [-0.15, -0.1) is 0 Å². The summed E-state index contributed by atoms with van der Waals surface area (Å²) in [6, 6.07) is 19.4. The number of benzene rings is 2. The highest BCUT2D eigenvalue weighted by Crippen LogP contribution is 2.33. The van der Waals surface area contributed by atoms with Gasteiger partial charge in [-0.05, 0) is 54.6 Å². The number of aliphatic hydroxyl groups is 1. The number of nitrogens with one attached hydrogen (secondary N) is 1. The minimum absolute atomic E-state index is 0.00833. The molecule has 0 aliphatic heterocycles. The average molecular weight is 593 g/mol. The Bertz CT molecular complexity index is 1430. The first-order valence-electron chi connectivity index (χ1n) is 13.7. The van der Waals surface area contributed by atoms with Crippen LogP contribution in [0.2, 0.25) is 0 Å². The Balaban J connectivity index is 1.41. The van der Waals surface area contributed by atoms with Gasteiger partial charge in [-0.25, -0.2) is 4.68 Å². The SMILES string of the molecule is CNC(=O)c1ccccc1Sc1ccc2c(/C=C/c3ccccn3)nn(COCCOCCOCCOCCO)c2c1. The van der Waals surface area contributed by atoms with Crippen molar-refractivity contribution in [3.63, 3.8) is 0 Å². The van der Waals surface area contributed by atoms with Gasteiger partial charge in [-0.3, -0.25) is 9.78 Å². The Morgan fingerprint density at radius 2 is 1.62 bits per heavy atom. The van der Waals surface area contributed by atoms with E-state index in [1.807, 2.05) is 71.4 Å². The van der Waals surface area contributed by atoms with Crippen LogP contribution < -0.4 is 5.32 Å². The zero-order chi connectivity index (χ0) is 29.4. The molecule has 11 heteroatoms. The number of hydrogen-bond acceptors (Lipinski definition) is 9. The van der Waals surface area contributed by atoms with Crippen LogP contribution in [0.5, 0.6) is 0 Å².